The van der Waals surface area contributed by atoms with Crippen LogP contribution in [0.5, 0.6) is 0 Å². The van der Waals surface area contributed by atoms with E-state index in [4.69, 9.17) is 4.74 Å². The molecule has 1 aliphatic heterocycles. The molecular formula is C14H19F3N2O. The Labute approximate surface area is 116 Å². The molecule has 1 N–H and O–H groups in total. The third kappa shape index (κ3) is 3.30. The third-order valence-corrected chi connectivity index (χ3v) is 3.55. The van der Waals surface area contributed by atoms with Crippen molar-refractivity contribution in [2.45, 2.75) is 51.1 Å². The molecule has 0 amide bonds. The standard InChI is InChI=1S/C14H19F3N2O/c1-3-19-13(12-5-4-9(2)20-12)10-8-18-7-6-11(10)14(15,16)17/h6-9,12-13,19H,3-5H2,1-2H3. The molecule has 1 aliphatic rings. The van der Waals surface area contributed by atoms with Gasteiger partial charge in [0, 0.05) is 18.0 Å². The summed E-state index contributed by atoms with van der Waals surface area (Å²) >= 11 is 0. The van der Waals surface area contributed by atoms with E-state index in [1.54, 1.807) is 0 Å². The molecule has 0 spiro atoms. The number of pyridine rings is 1. The van der Waals surface area contributed by atoms with Gasteiger partial charge in [-0.25, -0.2) is 0 Å². The van der Waals surface area contributed by atoms with Crippen LogP contribution < -0.4 is 5.32 Å². The van der Waals surface area contributed by atoms with Crippen molar-refractivity contribution in [3.05, 3.63) is 29.6 Å². The Balaban J connectivity index is 2.34. The first-order valence-corrected chi connectivity index (χ1v) is 6.83. The molecule has 3 nitrogen and oxygen atoms in total. The zero-order valence-corrected chi connectivity index (χ0v) is 11.6. The van der Waals surface area contributed by atoms with E-state index in [-0.39, 0.29) is 17.8 Å². The van der Waals surface area contributed by atoms with Crippen molar-refractivity contribution in [3.63, 3.8) is 0 Å². The number of alkyl halides is 3. The van der Waals surface area contributed by atoms with E-state index in [9.17, 15) is 13.2 Å². The monoisotopic (exact) mass is 288 g/mol. The van der Waals surface area contributed by atoms with E-state index in [0.717, 1.165) is 18.9 Å². The molecule has 6 heteroatoms. The maximum Gasteiger partial charge on any atom is 0.416 e. The summed E-state index contributed by atoms with van der Waals surface area (Å²) in [6, 6.07) is 0.549. The van der Waals surface area contributed by atoms with Gasteiger partial charge < -0.3 is 10.1 Å². The quantitative estimate of drug-likeness (QED) is 0.923. The molecule has 0 aromatic carbocycles. The molecule has 112 valence electrons. The number of nitrogens with zero attached hydrogens (tertiary/aromatic N) is 1. The molecular weight excluding hydrogens is 269 g/mol. The van der Waals surface area contributed by atoms with E-state index in [1.165, 1.54) is 12.4 Å². The van der Waals surface area contributed by atoms with Crippen molar-refractivity contribution in [1.82, 2.24) is 10.3 Å². The second-order valence-corrected chi connectivity index (χ2v) is 5.06. The fourth-order valence-electron chi connectivity index (χ4n) is 2.65. The predicted molar refractivity (Wildman–Crippen MR) is 69.2 cm³/mol. The van der Waals surface area contributed by atoms with Crippen molar-refractivity contribution >= 4 is 0 Å². The number of likely N-dealkylation sites (N-methyl/N-ethyl adjacent to an activating group) is 1. The Morgan fingerprint density at radius 2 is 2.20 bits per heavy atom. The highest BCUT2D eigenvalue weighted by Gasteiger charge is 2.38. The van der Waals surface area contributed by atoms with Crippen LogP contribution in [0, 0.1) is 0 Å². The SMILES string of the molecule is CCNC(c1cnccc1C(F)(F)F)C1CCC(C)O1. The fraction of sp³-hybridized carbons (Fsp3) is 0.643. The third-order valence-electron chi connectivity index (χ3n) is 3.55. The predicted octanol–water partition coefficient (Wildman–Crippen LogP) is 3.32. The highest BCUT2D eigenvalue weighted by molar-refractivity contribution is 5.30. The molecule has 1 fully saturated rings. The Morgan fingerprint density at radius 1 is 1.45 bits per heavy atom. The maximum atomic E-state index is 13.1. The Bertz CT molecular complexity index is 450. The van der Waals surface area contributed by atoms with Gasteiger partial charge in [0.2, 0.25) is 0 Å². The number of hydrogen-bond acceptors (Lipinski definition) is 3. The summed E-state index contributed by atoms with van der Waals surface area (Å²) in [5.41, 5.74) is -0.470. The molecule has 0 saturated carbocycles. The van der Waals surface area contributed by atoms with Gasteiger partial charge in [0.1, 0.15) is 0 Å². The van der Waals surface area contributed by atoms with Crippen molar-refractivity contribution in [2.24, 2.45) is 0 Å². The van der Waals surface area contributed by atoms with Gasteiger partial charge >= 0.3 is 6.18 Å². The molecule has 2 heterocycles. The van der Waals surface area contributed by atoms with E-state index in [0.29, 0.717) is 6.54 Å². The first-order valence-electron chi connectivity index (χ1n) is 6.83. The van der Waals surface area contributed by atoms with Crippen molar-refractivity contribution in [3.8, 4) is 0 Å². The Morgan fingerprint density at radius 3 is 2.75 bits per heavy atom. The van der Waals surface area contributed by atoms with Gasteiger partial charge in [-0.1, -0.05) is 6.92 Å². The summed E-state index contributed by atoms with van der Waals surface area (Å²) in [5, 5.41) is 3.11. The van der Waals surface area contributed by atoms with E-state index < -0.39 is 17.8 Å². The van der Waals surface area contributed by atoms with Crippen LogP contribution in [-0.2, 0) is 10.9 Å². The Hall–Kier alpha value is -1.14. The van der Waals surface area contributed by atoms with Gasteiger partial charge in [-0.3, -0.25) is 4.98 Å². The van der Waals surface area contributed by atoms with Gasteiger partial charge in [-0.15, -0.1) is 0 Å². The summed E-state index contributed by atoms with van der Waals surface area (Å²) in [5.74, 6) is 0. The molecule has 1 aromatic rings. The van der Waals surface area contributed by atoms with E-state index in [1.807, 2.05) is 13.8 Å². The van der Waals surface area contributed by atoms with E-state index >= 15 is 0 Å². The van der Waals surface area contributed by atoms with Crippen LogP contribution in [0.25, 0.3) is 0 Å². The maximum absolute atomic E-state index is 13.1. The number of aromatic nitrogens is 1. The van der Waals surface area contributed by atoms with Crippen LogP contribution in [0.4, 0.5) is 13.2 Å². The van der Waals surface area contributed by atoms with Crippen molar-refractivity contribution in [1.29, 1.82) is 0 Å². The van der Waals surface area contributed by atoms with Crippen LogP contribution in [0.3, 0.4) is 0 Å². The normalized spacial score (nSPS) is 24.9. The molecule has 3 unspecified atom stereocenters. The van der Waals surface area contributed by atoms with Crippen LogP contribution in [-0.4, -0.2) is 23.7 Å². The van der Waals surface area contributed by atoms with Crippen LogP contribution in [0.15, 0.2) is 18.5 Å². The summed E-state index contributed by atoms with van der Waals surface area (Å²) in [6.07, 6.45) is -0.437. The molecule has 0 aliphatic carbocycles. The number of hydrogen-bond donors (Lipinski definition) is 1. The van der Waals surface area contributed by atoms with Crippen LogP contribution in [0.1, 0.15) is 43.9 Å². The molecule has 0 bridgehead atoms. The summed E-state index contributed by atoms with van der Waals surface area (Å²) < 4.78 is 45.1. The average Bonchev–Trinajstić information content (AvgIpc) is 2.81. The van der Waals surface area contributed by atoms with Gasteiger partial charge in [0.15, 0.2) is 0 Å². The first-order chi connectivity index (χ1) is 9.43. The largest absolute Gasteiger partial charge is 0.416 e. The molecule has 2 rings (SSSR count). The van der Waals surface area contributed by atoms with Gasteiger partial charge in [-0.05, 0) is 32.4 Å². The lowest BCUT2D eigenvalue weighted by Gasteiger charge is -2.27. The molecule has 1 aromatic heterocycles. The highest BCUT2D eigenvalue weighted by Crippen LogP contribution is 2.37. The lowest BCUT2D eigenvalue weighted by atomic mass is 9.96. The summed E-state index contributed by atoms with van der Waals surface area (Å²) in [6.45, 7) is 4.39. The van der Waals surface area contributed by atoms with Gasteiger partial charge in [-0.2, -0.15) is 13.2 Å². The van der Waals surface area contributed by atoms with Crippen LogP contribution in [0.2, 0.25) is 0 Å². The Kier molecular flexibility index (Phi) is 4.65. The van der Waals surface area contributed by atoms with Gasteiger partial charge in [0.25, 0.3) is 0 Å². The zero-order valence-electron chi connectivity index (χ0n) is 11.6. The minimum atomic E-state index is -4.38. The minimum Gasteiger partial charge on any atom is -0.373 e. The second kappa shape index (κ2) is 6.10. The lowest BCUT2D eigenvalue weighted by Crippen LogP contribution is -2.33. The summed E-state index contributed by atoms with van der Waals surface area (Å²) in [7, 11) is 0. The number of nitrogens with one attached hydrogen (secondary N) is 1. The van der Waals surface area contributed by atoms with Crippen molar-refractivity contribution < 1.29 is 17.9 Å². The average molecular weight is 288 g/mol. The van der Waals surface area contributed by atoms with Crippen LogP contribution >= 0.6 is 0 Å². The minimum absolute atomic E-state index is 0.0900. The first kappa shape index (κ1) is 15.3. The number of rotatable bonds is 4. The smallest absolute Gasteiger partial charge is 0.373 e. The lowest BCUT2D eigenvalue weighted by molar-refractivity contribution is -0.138. The fourth-order valence-corrected chi connectivity index (χ4v) is 2.65. The molecule has 1 saturated heterocycles. The summed E-state index contributed by atoms with van der Waals surface area (Å²) in [4.78, 5) is 3.86. The molecule has 20 heavy (non-hydrogen) atoms. The topological polar surface area (TPSA) is 34.2 Å². The van der Waals surface area contributed by atoms with E-state index in [2.05, 4.69) is 10.3 Å². The number of ether oxygens (including phenoxy) is 1. The molecule has 3 atom stereocenters. The second-order valence-electron chi connectivity index (χ2n) is 5.06. The number of halogens is 3. The van der Waals surface area contributed by atoms with Gasteiger partial charge in [0.05, 0.1) is 23.8 Å². The van der Waals surface area contributed by atoms with Crippen molar-refractivity contribution in [2.75, 3.05) is 6.54 Å². The molecule has 0 radical (unpaired) electrons. The highest BCUT2D eigenvalue weighted by atomic mass is 19.4. The zero-order chi connectivity index (χ0) is 14.8.